The van der Waals surface area contributed by atoms with Gasteiger partial charge in [-0.25, -0.2) is 13.1 Å². The number of benzene rings is 1. The summed E-state index contributed by atoms with van der Waals surface area (Å²) in [6.07, 6.45) is -2.05. The van der Waals surface area contributed by atoms with Crippen LogP contribution < -0.4 is 0 Å². The second-order valence-electron chi connectivity index (χ2n) is 6.22. The second-order valence-corrected chi connectivity index (χ2v) is 9.05. The quantitative estimate of drug-likeness (QED) is 0.375. The molecule has 0 unspecified atom stereocenters. The van der Waals surface area contributed by atoms with E-state index in [2.05, 4.69) is 15.2 Å². The molecule has 31 heavy (non-hydrogen) atoms. The van der Waals surface area contributed by atoms with E-state index in [1.165, 1.54) is 36.0 Å². The molecule has 0 aliphatic rings. The number of aromatic nitrogens is 4. The van der Waals surface area contributed by atoms with Crippen LogP contribution in [0.1, 0.15) is 5.69 Å². The van der Waals surface area contributed by atoms with Crippen LogP contribution in [0, 0.1) is 0 Å². The Morgan fingerprint density at radius 3 is 2.68 bits per heavy atom. The first-order valence-corrected chi connectivity index (χ1v) is 11.7. The summed E-state index contributed by atoms with van der Waals surface area (Å²) in [5, 5.41) is 7.12. The summed E-state index contributed by atoms with van der Waals surface area (Å²) >= 11 is 1.22. The molecule has 0 N–H and O–H groups in total. The molecule has 0 saturated heterocycles. The van der Waals surface area contributed by atoms with Gasteiger partial charge in [-0.2, -0.15) is 23.3 Å². The summed E-state index contributed by atoms with van der Waals surface area (Å²) in [6, 6.07) is 6.34. The lowest BCUT2D eigenvalue weighted by molar-refractivity contribution is -0.144. The fourth-order valence-electron chi connectivity index (χ4n) is 2.45. The van der Waals surface area contributed by atoms with Crippen molar-refractivity contribution in [3.05, 3.63) is 36.0 Å². The van der Waals surface area contributed by atoms with E-state index in [0.29, 0.717) is 6.07 Å². The molecule has 14 heteroatoms. The molecule has 0 bridgehead atoms. The summed E-state index contributed by atoms with van der Waals surface area (Å²) in [7, 11) is -3.50. The minimum Gasteiger partial charge on any atom is -0.453 e. The molecular formula is C17H15F3N4O5S2. The maximum atomic E-state index is 13.1. The molecule has 9 nitrogen and oxygen atoms in total. The van der Waals surface area contributed by atoms with Gasteiger partial charge in [0.15, 0.2) is 15.5 Å². The summed E-state index contributed by atoms with van der Waals surface area (Å²) in [5.74, 6) is -1.15. The Balaban J connectivity index is 1.99. The van der Waals surface area contributed by atoms with Crippen LogP contribution in [-0.2, 0) is 32.1 Å². The van der Waals surface area contributed by atoms with Gasteiger partial charge in [0, 0.05) is 17.9 Å². The predicted octanol–water partition coefficient (Wildman–Crippen LogP) is 2.89. The van der Waals surface area contributed by atoms with Gasteiger partial charge >= 0.3 is 12.1 Å². The van der Waals surface area contributed by atoms with Crippen LogP contribution in [0.2, 0.25) is 0 Å². The van der Waals surface area contributed by atoms with Crippen molar-refractivity contribution in [2.45, 2.75) is 17.6 Å². The molecule has 0 atom stereocenters. The molecule has 0 aliphatic heterocycles. The molecule has 0 fully saturated rings. The molecule has 3 aromatic rings. The molecular weight excluding hydrogens is 461 g/mol. The van der Waals surface area contributed by atoms with Gasteiger partial charge < -0.3 is 9.26 Å². The highest BCUT2D eigenvalue weighted by Crippen LogP contribution is 2.32. The number of hydrogen-bond acceptors (Lipinski definition) is 9. The third kappa shape index (κ3) is 5.44. The number of carbonyl (C=O) groups is 1. The van der Waals surface area contributed by atoms with Gasteiger partial charge in [-0.3, -0.25) is 4.79 Å². The third-order valence-electron chi connectivity index (χ3n) is 3.85. The summed E-state index contributed by atoms with van der Waals surface area (Å²) in [4.78, 5) is 15.9. The standard InChI is InChI=1S/C17H15F3N4O5S2/c1-30-9-28-14(25)8-24-12(7-13(22-24)17(18,19)20)16-21-15(23-29-16)10-4-3-5-11(6-10)31(2,26)27/h3-7H,8-9H2,1-2H3. The highest BCUT2D eigenvalue weighted by molar-refractivity contribution is 7.98. The lowest BCUT2D eigenvalue weighted by Gasteiger charge is -2.05. The van der Waals surface area contributed by atoms with Crippen molar-refractivity contribution in [2.24, 2.45) is 0 Å². The number of carbonyl (C=O) groups excluding carboxylic acids is 1. The molecule has 0 saturated carbocycles. The fourth-order valence-corrected chi connectivity index (χ4v) is 3.37. The number of nitrogens with zero attached hydrogens (tertiary/aromatic N) is 4. The predicted molar refractivity (Wildman–Crippen MR) is 104 cm³/mol. The molecule has 0 radical (unpaired) electrons. The smallest absolute Gasteiger partial charge is 0.435 e. The number of halogens is 3. The minimum atomic E-state index is -4.77. The summed E-state index contributed by atoms with van der Waals surface area (Å²) in [5.41, 5.74) is -1.22. The van der Waals surface area contributed by atoms with E-state index in [9.17, 15) is 26.4 Å². The zero-order valence-electron chi connectivity index (χ0n) is 16.1. The lowest BCUT2D eigenvalue weighted by Crippen LogP contribution is -2.16. The average molecular weight is 476 g/mol. The van der Waals surface area contributed by atoms with Crippen molar-refractivity contribution in [2.75, 3.05) is 18.5 Å². The Labute approximate surface area is 178 Å². The Hall–Kier alpha value is -2.87. The Bertz CT molecular complexity index is 1200. The van der Waals surface area contributed by atoms with Crippen molar-refractivity contribution in [3.63, 3.8) is 0 Å². The maximum absolute atomic E-state index is 13.1. The van der Waals surface area contributed by atoms with Crippen molar-refractivity contribution in [3.8, 4) is 23.0 Å². The monoisotopic (exact) mass is 476 g/mol. The fraction of sp³-hybridized carbons (Fsp3) is 0.294. The van der Waals surface area contributed by atoms with E-state index in [1.807, 2.05) is 0 Å². The van der Waals surface area contributed by atoms with E-state index in [0.717, 1.165) is 10.9 Å². The zero-order valence-corrected chi connectivity index (χ0v) is 17.7. The molecule has 2 aromatic heterocycles. The number of ether oxygens (including phenoxy) is 1. The van der Waals surface area contributed by atoms with E-state index in [4.69, 9.17) is 9.26 Å². The second kappa shape index (κ2) is 8.70. The number of esters is 1. The molecule has 0 spiro atoms. The molecule has 0 amide bonds. The minimum absolute atomic E-state index is 0.0114. The zero-order chi connectivity index (χ0) is 22.8. The van der Waals surface area contributed by atoms with Crippen molar-refractivity contribution in [1.82, 2.24) is 19.9 Å². The number of sulfone groups is 1. The van der Waals surface area contributed by atoms with E-state index >= 15 is 0 Å². The Morgan fingerprint density at radius 2 is 2.03 bits per heavy atom. The summed E-state index contributed by atoms with van der Waals surface area (Å²) in [6.45, 7) is -0.604. The first kappa shape index (κ1) is 22.8. The van der Waals surface area contributed by atoms with Crippen LogP contribution in [0.5, 0.6) is 0 Å². The van der Waals surface area contributed by atoms with Crippen molar-refractivity contribution < 1.29 is 35.6 Å². The van der Waals surface area contributed by atoms with Crippen molar-refractivity contribution >= 4 is 27.6 Å². The number of hydrogen-bond donors (Lipinski definition) is 0. The first-order valence-electron chi connectivity index (χ1n) is 8.43. The molecule has 3 rings (SSSR count). The van der Waals surface area contributed by atoms with Gasteiger partial charge in [0.25, 0.3) is 5.89 Å². The van der Waals surface area contributed by atoms with Crippen molar-refractivity contribution in [1.29, 1.82) is 0 Å². The van der Waals surface area contributed by atoms with Crippen LogP contribution in [0.25, 0.3) is 23.0 Å². The van der Waals surface area contributed by atoms with Crippen LogP contribution in [0.4, 0.5) is 13.2 Å². The molecule has 0 aliphatic carbocycles. The highest BCUT2D eigenvalue weighted by atomic mass is 32.2. The third-order valence-corrected chi connectivity index (χ3v) is 5.32. The van der Waals surface area contributed by atoms with Crippen LogP contribution in [0.15, 0.2) is 39.8 Å². The Kier molecular flexibility index (Phi) is 6.40. The normalized spacial score (nSPS) is 12.2. The average Bonchev–Trinajstić information content (AvgIpc) is 3.32. The molecule has 2 heterocycles. The van der Waals surface area contributed by atoms with Gasteiger partial charge in [0.1, 0.15) is 18.2 Å². The summed E-state index contributed by atoms with van der Waals surface area (Å²) < 4.78 is 73.6. The molecule has 166 valence electrons. The van der Waals surface area contributed by atoms with Crippen LogP contribution in [-0.4, -0.2) is 52.8 Å². The number of thioether (sulfide) groups is 1. The number of rotatable bonds is 7. The van der Waals surface area contributed by atoms with Crippen LogP contribution in [0.3, 0.4) is 0 Å². The van der Waals surface area contributed by atoms with Gasteiger partial charge in [-0.05, 0) is 18.4 Å². The van der Waals surface area contributed by atoms with E-state index in [1.54, 1.807) is 6.26 Å². The van der Waals surface area contributed by atoms with E-state index in [-0.39, 0.29) is 33.8 Å². The first-order chi connectivity index (χ1) is 14.5. The SMILES string of the molecule is CSCOC(=O)Cn1nc(C(F)(F)F)cc1-c1nc(-c2cccc(S(C)(=O)=O)c2)no1. The van der Waals surface area contributed by atoms with Crippen LogP contribution >= 0.6 is 11.8 Å². The van der Waals surface area contributed by atoms with E-state index < -0.39 is 34.2 Å². The van der Waals surface area contributed by atoms with Gasteiger partial charge in [0.05, 0.1) is 4.90 Å². The molecule has 1 aromatic carbocycles. The van der Waals surface area contributed by atoms with Gasteiger partial charge in [0.2, 0.25) is 5.82 Å². The highest BCUT2D eigenvalue weighted by Gasteiger charge is 2.36. The van der Waals surface area contributed by atoms with Gasteiger partial charge in [-0.1, -0.05) is 17.3 Å². The van der Waals surface area contributed by atoms with Gasteiger partial charge in [-0.15, -0.1) is 11.8 Å². The largest absolute Gasteiger partial charge is 0.453 e. The maximum Gasteiger partial charge on any atom is 0.435 e. The Morgan fingerprint density at radius 1 is 1.29 bits per heavy atom. The lowest BCUT2D eigenvalue weighted by atomic mass is 10.2. The number of alkyl halides is 3. The topological polar surface area (TPSA) is 117 Å².